The van der Waals surface area contributed by atoms with Gasteiger partial charge in [-0.1, -0.05) is 18.2 Å². The molecule has 0 bridgehead atoms. The quantitative estimate of drug-likeness (QED) is 0.860. The molecule has 0 unspecified atom stereocenters. The summed E-state index contributed by atoms with van der Waals surface area (Å²) in [6.45, 7) is 5.65. The molecule has 0 saturated carbocycles. The van der Waals surface area contributed by atoms with E-state index in [9.17, 15) is 0 Å². The molecule has 0 aliphatic heterocycles. The first kappa shape index (κ1) is 13.6. The molecule has 2 rings (SSSR count). The first-order valence-corrected chi connectivity index (χ1v) is 6.64. The monoisotopic (exact) mass is 256 g/mol. The van der Waals surface area contributed by atoms with E-state index in [1.165, 1.54) is 11.1 Å². The third-order valence-corrected chi connectivity index (χ3v) is 3.01. The lowest BCUT2D eigenvalue weighted by molar-refractivity contribution is 0.339. The third-order valence-electron chi connectivity index (χ3n) is 3.01. The minimum atomic E-state index is 0.282. The fourth-order valence-corrected chi connectivity index (χ4v) is 1.93. The molecule has 100 valence electrons. The van der Waals surface area contributed by atoms with E-state index in [2.05, 4.69) is 35.4 Å². The Kier molecular flexibility index (Phi) is 4.93. The summed E-state index contributed by atoms with van der Waals surface area (Å²) in [5.41, 5.74) is 2.42. The fraction of sp³-hybridized carbons (Fsp3) is 0.312. The second-order valence-corrected chi connectivity index (χ2v) is 4.47. The lowest BCUT2D eigenvalue weighted by Gasteiger charge is -2.14. The van der Waals surface area contributed by atoms with Gasteiger partial charge in [0.25, 0.3) is 0 Å². The molecule has 1 N–H and O–H groups in total. The Balaban J connectivity index is 1.93. The molecule has 3 nitrogen and oxygen atoms in total. The smallest absolute Gasteiger partial charge is 0.119 e. The lowest BCUT2D eigenvalue weighted by Crippen LogP contribution is -2.18. The Bertz CT molecular complexity index is 499. The summed E-state index contributed by atoms with van der Waals surface area (Å²) in [5, 5.41) is 3.49. The molecule has 0 radical (unpaired) electrons. The van der Waals surface area contributed by atoms with Crippen molar-refractivity contribution < 1.29 is 4.74 Å². The maximum Gasteiger partial charge on any atom is 0.119 e. The Morgan fingerprint density at radius 3 is 2.89 bits per heavy atom. The van der Waals surface area contributed by atoms with Crippen molar-refractivity contribution in [3.8, 4) is 5.75 Å². The van der Waals surface area contributed by atoms with Crippen LogP contribution in [0, 0.1) is 0 Å². The van der Waals surface area contributed by atoms with Gasteiger partial charge in [0.2, 0.25) is 0 Å². The third kappa shape index (κ3) is 4.07. The second-order valence-electron chi connectivity index (χ2n) is 4.47. The molecule has 1 atom stereocenters. The van der Waals surface area contributed by atoms with Gasteiger partial charge in [-0.05, 0) is 43.2 Å². The van der Waals surface area contributed by atoms with Gasteiger partial charge >= 0.3 is 0 Å². The number of pyridine rings is 1. The Morgan fingerprint density at radius 1 is 1.26 bits per heavy atom. The molecular weight excluding hydrogens is 236 g/mol. The van der Waals surface area contributed by atoms with Gasteiger partial charge in [0.1, 0.15) is 5.75 Å². The maximum atomic E-state index is 5.50. The van der Waals surface area contributed by atoms with E-state index in [0.717, 1.165) is 12.3 Å². The first-order valence-electron chi connectivity index (χ1n) is 6.64. The zero-order chi connectivity index (χ0) is 13.5. The van der Waals surface area contributed by atoms with Crippen molar-refractivity contribution in [2.24, 2.45) is 0 Å². The minimum Gasteiger partial charge on any atom is -0.494 e. The summed E-state index contributed by atoms with van der Waals surface area (Å²) in [6.07, 6.45) is 3.69. The van der Waals surface area contributed by atoms with E-state index in [0.29, 0.717) is 6.61 Å². The van der Waals surface area contributed by atoms with Crippen molar-refractivity contribution in [2.45, 2.75) is 26.4 Å². The van der Waals surface area contributed by atoms with Gasteiger partial charge in [0.15, 0.2) is 0 Å². The molecule has 2 aromatic rings. The molecule has 0 spiro atoms. The highest BCUT2D eigenvalue weighted by molar-refractivity contribution is 5.28. The maximum absolute atomic E-state index is 5.50. The Labute approximate surface area is 114 Å². The molecule has 1 aromatic heterocycles. The first-order chi connectivity index (χ1) is 9.29. The molecule has 0 fully saturated rings. The number of benzene rings is 1. The molecule has 0 aliphatic rings. The van der Waals surface area contributed by atoms with E-state index in [-0.39, 0.29) is 6.04 Å². The number of nitrogens with one attached hydrogen (secondary N) is 1. The molecule has 1 aromatic carbocycles. The van der Waals surface area contributed by atoms with Crippen LogP contribution < -0.4 is 10.1 Å². The summed E-state index contributed by atoms with van der Waals surface area (Å²) >= 11 is 0. The van der Waals surface area contributed by atoms with Gasteiger partial charge in [-0.3, -0.25) is 4.98 Å². The van der Waals surface area contributed by atoms with Crippen molar-refractivity contribution in [1.29, 1.82) is 0 Å². The van der Waals surface area contributed by atoms with Gasteiger partial charge < -0.3 is 10.1 Å². The number of nitrogens with zero attached hydrogens (tertiary/aromatic N) is 1. The fourth-order valence-electron chi connectivity index (χ4n) is 1.93. The average Bonchev–Trinajstić information content (AvgIpc) is 2.46. The summed E-state index contributed by atoms with van der Waals surface area (Å²) < 4.78 is 5.50. The number of rotatable bonds is 6. The zero-order valence-corrected chi connectivity index (χ0v) is 11.5. The normalized spacial score (nSPS) is 12.1. The highest BCUT2D eigenvalue weighted by Gasteiger charge is 2.04. The number of hydrogen-bond donors (Lipinski definition) is 1. The molecule has 3 heteroatoms. The van der Waals surface area contributed by atoms with Crippen LogP contribution in [-0.4, -0.2) is 11.6 Å². The van der Waals surface area contributed by atoms with Crippen LogP contribution in [0.25, 0.3) is 0 Å². The van der Waals surface area contributed by atoms with Crippen molar-refractivity contribution in [3.05, 3.63) is 59.9 Å². The van der Waals surface area contributed by atoms with Crippen molar-refractivity contribution in [3.63, 3.8) is 0 Å². The van der Waals surface area contributed by atoms with Crippen LogP contribution in [0.3, 0.4) is 0 Å². The molecule has 19 heavy (non-hydrogen) atoms. The van der Waals surface area contributed by atoms with Crippen LogP contribution in [0.4, 0.5) is 0 Å². The van der Waals surface area contributed by atoms with Crippen molar-refractivity contribution in [2.75, 3.05) is 6.61 Å². The van der Waals surface area contributed by atoms with Gasteiger partial charge in [0, 0.05) is 25.0 Å². The highest BCUT2D eigenvalue weighted by Crippen LogP contribution is 2.15. The number of aromatic nitrogens is 1. The van der Waals surface area contributed by atoms with Gasteiger partial charge in [0.05, 0.1) is 6.61 Å². The van der Waals surface area contributed by atoms with Crippen molar-refractivity contribution in [1.82, 2.24) is 10.3 Å². The van der Waals surface area contributed by atoms with E-state index in [1.807, 2.05) is 31.3 Å². The van der Waals surface area contributed by atoms with Crippen molar-refractivity contribution >= 4 is 0 Å². The van der Waals surface area contributed by atoms with Crippen LogP contribution in [0.1, 0.15) is 31.0 Å². The predicted molar refractivity (Wildman–Crippen MR) is 77.1 cm³/mol. The highest BCUT2D eigenvalue weighted by atomic mass is 16.5. The standard InChI is InChI=1S/C16H20N2O/c1-3-19-16-8-4-6-14(10-16)11-18-13(2)15-7-5-9-17-12-15/h4-10,12-13,18H,3,11H2,1-2H3/t13-/m0/s1. The summed E-state index contributed by atoms with van der Waals surface area (Å²) in [6, 6.07) is 12.5. The van der Waals surface area contributed by atoms with E-state index < -0.39 is 0 Å². The molecular formula is C16H20N2O. The van der Waals surface area contributed by atoms with Crippen LogP contribution in [0.15, 0.2) is 48.8 Å². The van der Waals surface area contributed by atoms with Gasteiger partial charge in [-0.2, -0.15) is 0 Å². The van der Waals surface area contributed by atoms with E-state index >= 15 is 0 Å². The summed E-state index contributed by atoms with van der Waals surface area (Å²) in [7, 11) is 0. The minimum absolute atomic E-state index is 0.282. The van der Waals surface area contributed by atoms with Crippen LogP contribution in [0.5, 0.6) is 5.75 Å². The zero-order valence-electron chi connectivity index (χ0n) is 11.5. The largest absolute Gasteiger partial charge is 0.494 e. The van der Waals surface area contributed by atoms with Gasteiger partial charge in [-0.25, -0.2) is 0 Å². The topological polar surface area (TPSA) is 34.1 Å². The Morgan fingerprint density at radius 2 is 2.16 bits per heavy atom. The SMILES string of the molecule is CCOc1cccc(CN[C@@H](C)c2cccnc2)c1. The molecule has 1 heterocycles. The van der Waals surface area contributed by atoms with E-state index in [1.54, 1.807) is 6.20 Å². The molecule has 0 amide bonds. The van der Waals surface area contributed by atoms with E-state index in [4.69, 9.17) is 4.74 Å². The number of hydrogen-bond acceptors (Lipinski definition) is 3. The molecule has 0 saturated heterocycles. The van der Waals surface area contributed by atoms with Gasteiger partial charge in [-0.15, -0.1) is 0 Å². The van der Waals surface area contributed by atoms with Crippen LogP contribution in [0.2, 0.25) is 0 Å². The summed E-state index contributed by atoms with van der Waals surface area (Å²) in [5.74, 6) is 0.927. The average molecular weight is 256 g/mol. The lowest BCUT2D eigenvalue weighted by atomic mass is 10.1. The predicted octanol–water partition coefficient (Wildman–Crippen LogP) is 3.33. The van der Waals surface area contributed by atoms with Crippen LogP contribution in [-0.2, 0) is 6.54 Å². The Hall–Kier alpha value is -1.87. The second kappa shape index (κ2) is 6.90. The number of ether oxygens (including phenoxy) is 1. The van der Waals surface area contributed by atoms with Crippen LogP contribution >= 0.6 is 0 Å². The molecule has 0 aliphatic carbocycles. The summed E-state index contributed by atoms with van der Waals surface area (Å²) in [4.78, 5) is 4.14.